The zero-order chi connectivity index (χ0) is 19.2. The summed E-state index contributed by atoms with van der Waals surface area (Å²) >= 11 is 1.64. The maximum absolute atomic E-state index is 13.2. The van der Waals surface area contributed by atoms with Crippen molar-refractivity contribution < 1.29 is 4.79 Å². The van der Waals surface area contributed by atoms with Crippen LogP contribution in [-0.4, -0.2) is 15.8 Å². The second-order valence-corrected chi connectivity index (χ2v) is 7.34. The van der Waals surface area contributed by atoms with E-state index in [2.05, 4.69) is 28.6 Å². The predicted octanol–water partition coefficient (Wildman–Crippen LogP) is 5.65. The minimum Gasteiger partial charge on any atom is -0.328 e. The SMILES string of the molecule is O=C(c1ccc(-c2ccccc2)cc1)N(Cc1ccsc1)Cc1ccccn1. The molecule has 138 valence electrons. The van der Waals surface area contributed by atoms with Crippen LogP contribution in [0.3, 0.4) is 0 Å². The van der Waals surface area contributed by atoms with Gasteiger partial charge >= 0.3 is 0 Å². The van der Waals surface area contributed by atoms with Crippen molar-refractivity contribution in [1.82, 2.24) is 9.88 Å². The van der Waals surface area contributed by atoms with E-state index in [1.54, 1.807) is 17.5 Å². The highest BCUT2D eigenvalue weighted by molar-refractivity contribution is 7.07. The third-order valence-electron chi connectivity index (χ3n) is 4.56. The Labute approximate surface area is 168 Å². The Bertz CT molecular complexity index is 1010. The molecule has 0 N–H and O–H groups in total. The number of nitrogens with zero attached hydrogens (tertiary/aromatic N) is 2. The first-order valence-electron chi connectivity index (χ1n) is 9.15. The average Bonchev–Trinajstić information content (AvgIpc) is 3.27. The van der Waals surface area contributed by atoms with Gasteiger partial charge in [-0.1, -0.05) is 48.5 Å². The van der Waals surface area contributed by atoms with Gasteiger partial charge in [0, 0.05) is 18.3 Å². The molecule has 2 heterocycles. The molecule has 0 aliphatic carbocycles. The topological polar surface area (TPSA) is 33.2 Å². The van der Waals surface area contributed by atoms with E-state index in [0.717, 1.165) is 22.4 Å². The minimum atomic E-state index is 0.0106. The van der Waals surface area contributed by atoms with Crippen LogP contribution in [-0.2, 0) is 13.1 Å². The molecule has 4 heteroatoms. The van der Waals surface area contributed by atoms with Crippen LogP contribution in [0.25, 0.3) is 11.1 Å². The normalized spacial score (nSPS) is 10.6. The third-order valence-corrected chi connectivity index (χ3v) is 5.29. The summed E-state index contributed by atoms with van der Waals surface area (Å²) in [4.78, 5) is 19.5. The van der Waals surface area contributed by atoms with Gasteiger partial charge < -0.3 is 4.90 Å². The molecule has 0 bridgehead atoms. The van der Waals surface area contributed by atoms with Gasteiger partial charge in [-0.2, -0.15) is 11.3 Å². The summed E-state index contributed by atoms with van der Waals surface area (Å²) in [6.45, 7) is 1.05. The number of aromatic nitrogens is 1. The summed E-state index contributed by atoms with van der Waals surface area (Å²) in [5.41, 5.74) is 4.95. The number of amides is 1. The molecule has 0 aliphatic heterocycles. The summed E-state index contributed by atoms with van der Waals surface area (Å²) in [6.07, 6.45) is 1.76. The summed E-state index contributed by atoms with van der Waals surface area (Å²) in [5.74, 6) is 0.0106. The summed E-state index contributed by atoms with van der Waals surface area (Å²) < 4.78 is 0. The number of rotatable bonds is 6. The first-order chi connectivity index (χ1) is 13.8. The fourth-order valence-electron chi connectivity index (χ4n) is 3.11. The minimum absolute atomic E-state index is 0.0106. The highest BCUT2D eigenvalue weighted by Gasteiger charge is 2.17. The van der Waals surface area contributed by atoms with E-state index in [0.29, 0.717) is 18.7 Å². The largest absolute Gasteiger partial charge is 0.328 e. The Hall–Kier alpha value is -3.24. The van der Waals surface area contributed by atoms with E-state index >= 15 is 0 Å². The lowest BCUT2D eigenvalue weighted by atomic mass is 10.0. The van der Waals surface area contributed by atoms with Crippen LogP contribution < -0.4 is 0 Å². The van der Waals surface area contributed by atoms with Gasteiger partial charge in [0.15, 0.2) is 0 Å². The number of carbonyl (C=O) groups excluding carboxylic acids is 1. The van der Waals surface area contributed by atoms with Crippen LogP contribution in [0.15, 0.2) is 95.8 Å². The van der Waals surface area contributed by atoms with Gasteiger partial charge in [0.25, 0.3) is 5.91 Å². The van der Waals surface area contributed by atoms with Gasteiger partial charge in [-0.3, -0.25) is 9.78 Å². The van der Waals surface area contributed by atoms with Crippen molar-refractivity contribution in [3.8, 4) is 11.1 Å². The van der Waals surface area contributed by atoms with Crippen molar-refractivity contribution in [2.24, 2.45) is 0 Å². The maximum atomic E-state index is 13.2. The molecule has 0 saturated heterocycles. The quantitative estimate of drug-likeness (QED) is 0.430. The van der Waals surface area contributed by atoms with Crippen LogP contribution >= 0.6 is 11.3 Å². The van der Waals surface area contributed by atoms with E-state index < -0.39 is 0 Å². The molecule has 2 aromatic carbocycles. The molecule has 0 atom stereocenters. The molecule has 0 aliphatic rings. The second-order valence-electron chi connectivity index (χ2n) is 6.56. The lowest BCUT2D eigenvalue weighted by Gasteiger charge is -2.22. The van der Waals surface area contributed by atoms with Crippen molar-refractivity contribution >= 4 is 17.2 Å². The number of hydrogen-bond acceptors (Lipinski definition) is 3. The first kappa shape index (κ1) is 18.1. The van der Waals surface area contributed by atoms with E-state index in [1.807, 2.05) is 70.9 Å². The number of benzene rings is 2. The molecular formula is C24H20N2OS. The smallest absolute Gasteiger partial charge is 0.254 e. The summed E-state index contributed by atoms with van der Waals surface area (Å²) in [7, 11) is 0. The number of carbonyl (C=O) groups is 1. The molecule has 2 aromatic heterocycles. The van der Waals surface area contributed by atoms with Gasteiger partial charge in [0.1, 0.15) is 0 Å². The fraction of sp³-hybridized carbons (Fsp3) is 0.0833. The van der Waals surface area contributed by atoms with Crippen molar-refractivity contribution in [3.05, 3.63) is 113 Å². The van der Waals surface area contributed by atoms with Gasteiger partial charge in [0.05, 0.1) is 12.2 Å². The van der Waals surface area contributed by atoms with Gasteiger partial charge in [0.2, 0.25) is 0 Å². The molecule has 0 saturated carbocycles. The predicted molar refractivity (Wildman–Crippen MR) is 114 cm³/mol. The molecule has 0 unspecified atom stereocenters. The molecule has 0 spiro atoms. The van der Waals surface area contributed by atoms with Gasteiger partial charge in [-0.25, -0.2) is 0 Å². The Morgan fingerprint density at radius 2 is 1.57 bits per heavy atom. The monoisotopic (exact) mass is 384 g/mol. The number of hydrogen-bond donors (Lipinski definition) is 0. The molecule has 4 aromatic rings. The van der Waals surface area contributed by atoms with Crippen LogP contribution in [0.1, 0.15) is 21.6 Å². The Kier molecular flexibility index (Phi) is 5.59. The van der Waals surface area contributed by atoms with Crippen molar-refractivity contribution in [2.75, 3.05) is 0 Å². The van der Waals surface area contributed by atoms with Crippen molar-refractivity contribution in [3.63, 3.8) is 0 Å². The van der Waals surface area contributed by atoms with Crippen molar-refractivity contribution in [1.29, 1.82) is 0 Å². The van der Waals surface area contributed by atoms with E-state index in [4.69, 9.17) is 0 Å². The zero-order valence-corrected chi connectivity index (χ0v) is 16.2. The third kappa shape index (κ3) is 4.35. The Morgan fingerprint density at radius 1 is 0.821 bits per heavy atom. The van der Waals surface area contributed by atoms with Gasteiger partial charge in [-0.05, 0) is 57.8 Å². The van der Waals surface area contributed by atoms with Crippen LogP contribution in [0.4, 0.5) is 0 Å². The van der Waals surface area contributed by atoms with E-state index in [9.17, 15) is 4.79 Å². The highest BCUT2D eigenvalue weighted by atomic mass is 32.1. The second kappa shape index (κ2) is 8.63. The molecule has 0 fully saturated rings. The maximum Gasteiger partial charge on any atom is 0.254 e. The lowest BCUT2D eigenvalue weighted by molar-refractivity contribution is 0.0728. The average molecular weight is 385 g/mol. The lowest BCUT2D eigenvalue weighted by Crippen LogP contribution is -2.30. The van der Waals surface area contributed by atoms with Crippen LogP contribution in [0, 0.1) is 0 Å². The van der Waals surface area contributed by atoms with Crippen LogP contribution in [0.2, 0.25) is 0 Å². The molecule has 3 nitrogen and oxygen atoms in total. The number of thiophene rings is 1. The van der Waals surface area contributed by atoms with Gasteiger partial charge in [-0.15, -0.1) is 0 Å². The summed E-state index contributed by atoms with van der Waals surface area (Å²) in [5, 5.41) is 4.12. The first-order valence-corrected chi connectivity index (χ1v) is 10.1. The molecule has 0 radical (unpaired) electrons. The highest BCUT2D eigenvalue weighted by Crippen LogP contribution is 2.21. The van der Waals surface area contributed by atoms with Crippen molar-refractivity contribution in [2.45, 2.75) is 13.1 Å². The molecular weight excluding hydrogens is 364 g/mol. The Morgan fingerprint density at radius 3 is 2.25 bits per heavy atom. The molecule has 28 heavy (non-hydrogen) atoms. The zero-order valence-electron chi connectivity index (χ0n) is 15.4. The Balaban J connectivity index is 1.57. The molecule has 4 rings (SSSR count). The summed E-state index contributed by atoms with van der Waals surface area (Å²) in [6, 6.07) is 25.8. The number of pyridine rings is 1. The van der Waals surface area contributed by atoms with E-state index in [-0.39, 0.29) is 5.91 Å². The van der Waals surface area contributed by atoms with Crippen LogP contribution in [0.5, 0.6) is 0 Å². The fourth-order valence-corrected chi connectivity index (χ4v) is 3.77. The molecule has 1 amide bonds. The van der Waals surface area contributed by atoms with E-state index in [1.165, 1.54) is 0 Å². The standard InChI is InChI=1S/C24H20N2OS/c27-24(22-11-9-21(10-12-22)20-6-2-1-3-7-20)26(16-19-13-15-28-18-19)17-23-8-4-5-14-25-23/h1-15,18H,16-17H2.